The van der Waals surface area contributed by atoms with Gasteiger partial charge in [0.1, 0.15) is 17.3 Å². The number of hydrogen-bond acceptors (Lipinski definition) is 4. The van der Waals surface area contributed by atoms with Gasteiger partial charge in [0.05, 0.1) is 25.6 Å². The highest BCUT2D eigenvalue weighted by atomic mass is 19.1. The SMILES string of the molecule is COc1cc(N2CCCC2)c(OC)cc1C=Nc1cccc(F)c1. The van der Waals surface area contributed by atoms with Crippen LogP contribution in [0.3, 0.4) is 0 Å². The maximum atomic E-state index is 13.3. The molecule has 1 heterocycles. The number of nitrogens with zero attached hydrogens (tertiary/aromatic N) is 2. The lowest BCUT2D eigenvalue weighted by Crippen LogP contribution is -2.18. The van der Waals surface area contributed by atoms with Gasteiger partial charge in [-0.15, -0.1) is 0 Å². The first-order valence-corrected chi connectivity index (χ1v) is 8.02. The number of benzene rings is 2. The molecule has 3 rings (SSSR count). The van der Waals surface area contributed by atoms with Crippen molar-refractivity contribution >= 4 is 17.6 Å². The third-order valence-electron chi connectivity index (χ3n) is 4.14. The van der Waals surface area contributed by atoms with Gasteiger partial charge in [-0.05, 0) is 37.1 Å². The molecule has 0 aromatic heterocycles. The van der Waals surface area contributed by atoms with E-state index < -0.39 is 0 Å². The van der Waals surface area contributed by atoms with E-state index >= 15 is 0 Å². The minimum Gasteiger partial charge on any atom is -0.496 e. The van der Waals surface area contributed by atoms with Crippen molar-refractivity contribution in [2.24, 2.45) is 4.99 Å². The quantitative estimate of drug-likeness (QED) is 0.772. The van der Waals surface area contributed by atoms with Gasteiger partial charge in [0, 0.05) is 30.9 Å². The van der Waals surface area contributed by atoms with Gasteiger partial charge in [0.2, 0.25) is 0 Å². The lowest BCUT2D eigenvalue weighted by molar-refractivity contribution is 0.402. The van der Waals surface area contributed by atoms with E-state index in [2.05, 4.69) is 9.89 Å². The number of halogens is 1. The Balaban J connectivity index is 1.95. The topological polar surface area (TPSA) is 34.1 Å². The third-order valence-corrected chi connectivity index (χ3v) is 4.14. The monoisotopic (exact) mass is 328 g/mol. The average Bonchev–Trinajstić information content (AvgIpc) is 3.13. The first-order valence-electron chi connectivity index (χ1n) is 8.02. The van der Waals surface area contributed by atoms with Gasteiger partial charge in [-0.25, -0.2) is 4.39 Å². The van der Waals surface area contributed by atoms with Crippen LogP contribution < -0.4 is 14.4 Å². The zero-order valence-electron chi connectivity index (χ0n) is 14.0. The standard InChI is InChI=1S/C19H21FN2O2/c1-23-18-12-17(22-8-3-4-9-22)19(24-2)10-14(18)13-21-16-7-5-6-15(20)11-16/h5-7,10-13H,3-4,8-9H2,1-2H3. The summed E-state index contributed by atoms with van der Waals surface area (Å²) in [5, 5.41) is 0. The Morgan fingerprint density at radius 1 is 1.04 bits per heavy atom. The van der Waals surface area contributed by atoms with Gasteiger partial charge in [-0.2, -0.15) is 0 Å². The van der Waals surface area contributed by atoms with Crippen molar-refractivity contribution in [3.8, 4) is 11.5 Å². The van der Waals surface area contributed by atoms with E-state index in [4.69, 9.17) is 9.47 Å². The fourth-order valence-electron chi connectivity index (χ4n) is 2.91. The normalized spacial score (nSPS) is 14.4. The van der Waals surface area contributed by atoms with E-state index in [1.165, 1.54) is 25.0 Å². The zero-order valence-corrected chi connectivity index (χ0v) is 14.0. The lowest BCUT2D eigenvalue weighted by atomic mass is 10.1. The molecule has 1 aliphatic heterocycles. The number of aliphatic imine (C=N–C) groups is 1. The second-order valence-electron chi connectivity index (χ2n) is 5.70. The van der Waals surface area contributed by atoms with Gasteiger partial charge in [0.25, 0.3) is 0 Å². The second kappa shape index (κ2) is 7.34. The molecule has 1 aliphatic rings. The van der Waals surface area contributed by atoms with Crippen LogP contribution in [0.15, 0.2) is 41.4 Å². The van der Waals surface area contributed by atoms with Crippen LogP contribution in [0.25, 0.3) is 0 Å². The number of ether oxygens (including phenoxy) is 2. The average molecular weight is 328 g/mol. The van der Waals surface area contributed by atoms with Gasteiger partial charge >= 0.3 is 0 Å². The summed E-state index contributed by atoms with van der Waals surface area (Å²) < 4.78 is 24.3. The predicted molar refractivity (Wildman–Crippen MR) is 94.6 cm³/mol. The zero-order chi connectivity index (χ0) is 16.9. The lowest BCUT2D eigenvalue weighted by Gasteiger charge is -2.22. The van der Waals surface area contributed by atoms with Crippen LogP contribution in [0.2, 0.25) is 0 Å². The van der Waals surface area contributed by atoms with E-state index in [0.29, 0.717) is 5.69 Å². The van der Waals surface area contributed by atoms with Crippen LogP contribution in [-0.2, 0) is 0 Å². The number of hydrogen-bond donors (Lipinski definition) is 0. The van der Waals surface area contributed by atoms with Crippen molar-refractivity contribution in [3.63, 3.8) is 0 Å². The third kappa shape index (κ3) is 3.50. The molecule has 1 fully saturated rings. The molecule has 5 heteroatoms. The van der Waals surface area contributed by atoms with E-state index in [1.54, 1.807) is 32.6 Å². The molecule has 0 atom stereocenters. The second-order valence-corrected chi connectivity index (χ2v) is 5.70. The van der Waals surface area contributed by atoms with Crippen molar-refractivity contribution < 1.29 is 13.9 Å². The van der Waals surface area contributed by atoms with Crippen LogP contribution in [0.5, 0.6) is 11.5 Å². The Bertz CT molecular complexity index is 740. The fraction of sp³-hybridized carbons (Fsp3) is 0.316. The Hall–Kier alpha value is -2.56. The number of methoxy groups -OCH3 is 2. The predicted octanol–water partition coefficient (Wildman–Crippen LogP) is 4.19. The summed E-state index contributed by atoms with van der Waals surface area (Å²) in [7, 11) is 3.30. The Kier molecular flexibility index (Phi) is 4.99. The Morgan fingerprint density at radius 3 is 2.46 bits per heavy atom. The molecule has 2 aromatic carbocycles. The summed E-state index contributed by atoms with van der Waals surface area (Å²) in [5.41, 5.74) is 2.39. The fourth-order valence-corrected chi connectivity index (χ4v) is 2.91. The molecule has 0 bridgehead atoms. The molecule has 0 aliphatic carbocycles. The van der Waals surface area contributed by atoms with E-state index in [0.717, 1.165) is 35.8 Å². The molecule has 2 aromatic rings. The molecule has 0 spiro atoms. The van der Waals surface area contributed by atoms with Crippen molar-refractivity contribution in [3.05, 3.63) is 47.8 Å². The Morgan fingerprint density at radius 2 is 1.79 bits per heavy atom. The van der Waals surface area contributed by atoms with Crippen molar-refractivity contribution in [2.45, 2.75) is 12.8 Å². The van der Waals surface area contributed by atoms with E-state index in [9.17, 15) is 4.39 Å². The summed E-state index contributed by atoms with van der Waals surface area (Å²) in [6.45, 7) is 2.05. The van der Waals surface area contributed by atoms with Gasteiger partial charge in [-0.3, -0.25) is 4.99 Å². The summed E-state index contributed by atoms with van der Waals surface area (Å²) in [6, 6.07) is 10.1. The maximum absolute atomic E-state index is 13.3. The highest BCUT2D eigenvalue weighted by Crippen LogP contribution is 2.36. The van der Waals surface area contributed by atoms with Crippen LogP contribution >= 0.6 is 0 Å². The van der Waals surface area contributed by atoms with Gasteiger partial charge < -0.3 is 14.4 Å². The van der Waals surface area contributed by atoms with Gasteiger partial charge in [0.15, 0.2) is 0 Å². The van der Waals surface area contributed by atoms with Crippen molar-refractivity contribution in [2.75, 3.05) is 32.2 Å². The molecule has 0 N–H and O–H groups in total. The molecule has 0 unspecified atom stereocenters. The van der Waals surface area contributed by atoms with Crippen LogP contribution in [-0.4, -0.2) is 33.5 Å². The molecule has 0 radical (unpaired) electrons. The molecule has 4 nitrogen and oxygen atoms in total. The molecular weight excluding hydrogens is 307 g/mol. The van der Waals surface area contributed by atoms with E-state index in [1.807, 2.05) is 12.1 Å². The van der Waals surface area contributed by atoms with Crippen molar-refractivity contribution in [1.29, 1.82) is 0 Å². The molecule has 126 valence electrons. The smallest absolute Gasteiger partial charge is 0.143 e. The number of rotatable bonds is 5. The maximum Gasteiger partial charge on any atom is 0.143 e. The highest BCUT2D eigenvalue weighted by Gasteiger charge is 2.19. The molecule has 0 amide bonds. The summed E-state index contributed by atoms with van der Waals surface area (Å²) >= 11 is 0. The highest BCUT2D eigenvalue weighted by molar-refractivity contribution is 5.88. The van der Waals surface area contributed by atoms with Crippen molar-refractivity contribution in [1.82, 2.24) is 0 Å². The first-order chi connectivity index (χ1) is 11.7. The largest absolute Gasteiger partial charge is 0.496 e. The molecular formula is C19H21FN2O2. The number of anilines is 1. The molecule has 24 heavy (non-hydrogen) atoms. The summed E-state index contributed by atoms with van der Waals surface area (Å²) in [6.07, 6.45) is 4.05. The van der Waals surface area contributed by atoms with E-state index in [-0.39, 0.29) is 5.82 Å². The minimum absolute atomic E-state index is 0.307. The minimum atomic E-state index is -0.307. The molecule has 0 saturated carbocycles. The van der Waals surface area contributed by atoms with Crippen LogP contribution in [0, 0.1) is 5.82 Å². The molecule has 1 saturated heterocycles. The summed E-state index contributed by atoms with van der Waals surface area (Å²) in [5.74, 6) is 1.20. The first kappa shape index (κ1) is 16.3. The Labute approximate surface area is 141 Å². The van der Waals surface area contributed by atoms with Gasteiger partial charge in [-0.1, -0.05) is 6.07 Å². The van der Waals surface area contributed by atoms with Crippen LogP contribution in [0.1, 0.15) is 18.4 Å². The summed E-state index contributed by atoms with van der Waals surface area (Å²) in [4.78, 5) is 6.63. The van der Waals surface area contributed by atoms with Crippen LogP contribution in [0.4, 0.5) is 15.8 Å².